The molecule has 1 aromatic heterocycles. The van der Waals surface area contributed by atoms with Gasteiger partial charge in [0.05, 0.1) is 42.5 Å². The van der Waals surface area contributed by atoms with E-state index in [1.54, 1.807) is 12.1 Å². The van der Waals surface area contributed by atoms with Crippen molar-refractivity contribution in [1.82, 2.24) is 15.2 Å². The van der Waals surface area contributed by atoms with E-state index in [9.17, 15) is 18.0 Å². The van der Waals surface area contributed by atoms with Gasteiger partial charge in [-0.1, -0.05) is 0 Å². The molecule has 4 unspecified atom stereocenters. The zero-order valence-electron chi connectivity index (χ0n) is 18.9. The van der Waals surface area contributed by atoms with Crippen LogP contribution in [0.1, 0.15) is 19.4 Å². The number of aromatic nitrogens is 1. The van der Waals surface area contributed by atoms with Crippen molar-refractivity contribution in [1.29, 1.82) is 0 Å². The summed E-state index contributed by atoms with van der Waals surface area (Å²) in [5, 5.41) is 3.39. The molecule has 2 saturated heterocycles. The van der Waals surface area contributed by atoms with Crippen molar-refractivity contribution in [2.45, 2.75) is 44.4 Å². The number of likely N-dealkylation sites (N-methyl/N-ethyl adjacent to an activating group) is 1. The molecule has 33 heavy (non-hydrogen) atoms. The fraction of sp³-hybridized carbons (Fsp3) is 0.565. The number of rotatable bonds is 4. The van der Waals surface area contributed by atoms with Crippen LogP contribution in [0.2, 0.25) is 0 Å². The monoisotopic (exact) mass is 466 g/mol. The van der Waals surface area contributed by atoms with Crippen molar-refractivity contribution in [3.8, 4) is 0 Å². The topological polar surface area (TPSA) is 66.9 Å². The number of fused-ring (bicyclic) bond motifs is 1. The zero-order valence-corrected chi connectivity index (χ0v) is 18.9. The maximum Gasteiger partial charge on any atom is 0.418 e. The lowest BCUT2D eigenvalue weighted by Crippen LogP contribution is -2.57. The number of nitrogens with zero attached hydrogens (tertiary/aromatic N) is 3. The van der Waals surface area contributed by atoms with Crippen molar-refractivity contribution < 1.29 is 27.4 Å². The standard InChI is InChI=1S/C23H29F3N4O3/c1-14-11-30(18-7-6-17(23(24,25)26)21-16(18)5-4-8-27-21)13-20(33-14)22(31)28-15(2)19-12-29(3)9-10-32-19/h4-8,14-15,19-20H,9-13H2,1-3H3,(H,28,31). The van der Waals surface area contributed by atoms with Gasteiger partial charge in [-0.2, -0.15) is 13.2 Å². The quantitative estimate of drug-likeness (QED) is 0.748. The number of nitrogens with one attached hydrogen (secondary N) is 1. The first kappa shape index (κ1) is 23.7. The number of morpholine rings is 2. The SMILES string of the molecule is CC1CN(c2ccc(C(F)(F)F)c3ncccc23)CC(C(=O)NC(C)C2CN(C)CCO2)O1. The van der Waals surface area contributed by atoms with Gasteiger partial charge in [-0.25, -0.2) is 0 Å². The number of hydrogen-bond acceptors (Lipinski definition) is 6. The molecule has 0 radical (unpaired) electrons. The van der Waals surface area contributed by atoms with Gasteiger partial charge in [-0.3, -0.25) is 9.78 Å². The van der Waals surface area contributed by atoms with Gasteiger partial charge in [0.25, 0.3) is 5.91 Å². The highest BCUT2D eigenvalue weighted by atomic mass is 19.4. The van der Waals surface area contributed by atoms with E-state index in [1.807, 2.05) is 25.8 Å². The summed E-state index contributed by atoms with van der Waals surface area (Å²) in [6.07, 6.45) is -4.31. The number of carbonyl (C=O) groups is 1. The third kappa shape index (κ3) is 5.23. The van der Waals surface area contributed by atoms with Crippen LogP contribution in [0.5, 0.6) is 0 Å². The zero-order chi connectivity index (χ0) is 23.8. The van der Waals surface area contributed by atoms with Crippen molar-refractivity contribution >= 4 is 22.5 Å². The summed E-state index contributed by atoms with van der Waals surface area (Å²) in [6, 6.07) is 5.54. The predicted molar refractivity (Wildman–Crippen MR) is 118 cm³/mol. The number of alkyl halides is 3. The molecule has 2 aliphatic heterocycles. The van der Waals surface area contributed by atoms with Gasteiger partial charge in [0.15, 0.2) is 6.10 Å². The van der Waals surface area contributed by atoms with Gasteiger partial charge in [0.2, 0.25) is 0 Å². The van der Waals surface area contributed by atoms with E-state index in [0.717, 1.165) is 19.2 Å². The molecule has 3 heterocycles. The molecule has 1 N–H and O–H groups in total. The highest BCUT2D eigenvalue weighted by Crippen LogP contribution is 2.38. The molecule has 2 aromatic rings. The smallest absolute Gasteiger partial charge is 0.373 e. The molecule has 2 aliphatic rings. The molecule has 1 amide bonds. The molecule has 180 valence electrons. The number of hydrogen-bond donors (Lipinski definition) is 1. The first-order valence-corrected chi connectivity index (χ1v) is 11.1. The van der Waals surface area contributed by atoms with Crippen LogP contribution in [-0.2, 0) is 20.4 Å². The fourth-order valence-corrected chi connectivity index (χ4v) is 4.48. The van der Waals surface area contributed by atoms with Crippen LogP contribution in [0, 0.1) is 0 Å². The highest BCUT2D eigenvalue weighted by molar-refractivity contribution is 5.94. The van der Waals surface area contributed by atoms with Crippen LogP contribution in [0.15, 0.2) is 30.5 Å². The van der Waals surface area contributed by atoms with Crippen LogP contribution in [0.4, 0.5) is 18.9 Å². The second-order valence-corrected chi connectivity index (χ2v) is 8.84. The Bertz CT molecular complexity index is 1000. The van der Waals surface area contributed by atoms with Crippen LogP contribution in [0.3, 0.4) is 0 Å². The summed E-state index contributed by atoms with van der Waals surface area (Å²) in [5.41, 5.74) is -0.275. The maximum atomic E-state index is 13.5. The summed E-state index contributed by atoms with van der Waals surface area (Å²) in [6.45, 7) is 6.61. The van der Waals surface area contributed by atoms with E-state index in [1.165, 1.54) is 12.3 Å². The van der Waals surface area contributed by atoms with E-state index < -0.39 is 17.8 Å². The lowest BCUT2D eigenvalue weighted by atomic mass is 10.0. The van der Waals surface area contributed by atoms with Crippen LogP contribution in [-0.4, -0.2) is 80.0 Å². The Balaban J connectivity index is 1.53. The van der Waals surface area contributed by atoms with Gasteiger partial charge < -0.3 is 24.6 Å². The Hall–Kier alpha value is -2.43. The van der Waals surface area contributed by atoms with Crippen LogP contribution < -0.4 is 10.2 Å². The molecule has 4 atom stereocenters. The average molecular weight is 467 g/mol. The molecule has 10 heteroatoms. The summed E-state index contributed by atoms with van der Waals surface area (Å²) >= 11 is 0. The third-order valence-electron chi connectivity index (χ3n) is 6.17. The number of pyridine rings is 1. The minimum Gasteiger partial charge on any atom is -0.373 e. The lowest BCUT2D eigenvalue weighted by molar-refractivity contribution is -0.139. The number of anilines is 1. The van der Waals surface area contributed by atoms with Gasteiger partial charge in [0.1, 0.15) is 0 Å². The fourth-order valence-electron chi connectivity index (χ4n) is 4.48. The second-order valence-electron chi connectivity index (χ2n) is 8.84. The number of halogens is 3. The van der Waals surface area contributed by atoms with E-state index in [4.69, 9.17) is 9.47 Å². The van der Waals surface area contributed by atoms with Crippen molar-refractivity contribution in [2.75, 3.05) is 44.7 Å². The number of amides is 1. The Morgan fingerprint density at radius 2 is 2.03 bits per heavy atom. The molecular weight excluding hydrogens is 437 g/mol. The van der Waals surface area contributed by atoms with E-state index in [-0.39, 0.29) is 36.2 Å². The lowest BCUT2D eigenvalue weighted by Gasteiger charge is -2.39. The predicted octanol–water partition coefficient (Wildman–Crippen LogP) is 2.68. The van der Waals surface area contributed by atoms with Crippen LogP contribution >= 0.6 is 0 Å². The molecule has 4 rings (SSSR count). The van der Waals surface area contributed by atoms with E-state index in [2.05, 4.69) is 15.2 Å². The second kappa shape index (κ2) is 9.44. The average Bonchev–Trinajstić information content (AvgIpc) is 2.77. The van der Waals surface area contributed by atoms with E-state index >= 15 is 0 Å². The van der Waals surface area contributed by atoms with Crippen molar-refractivity contribution in [3.05, 3.63) is 36.0 Å². The van der Waals surface area contributed by atoms with Crippen molar-refractivity contribution in [2.24, 2.45) is 0 Å². The van der Waals surface area contributed by atoms with Gasteiger partial charge in [0, 0.05) is 36.9 Å². The normalized spacial score (nSPS) is 25.8. The summed E-state index contributed by atoms with van der Waals surface area (Å²) in [5.74, 6) is -0.259. The molecular formula is C23H29F3N4O3. The van der Waals surface area contributed by atoms with Gasteiger partial charge in [-0.15, -0.1) is 0 Å². The Labute approximate surface area is 190 Å². The summed E-state index contributed by atoms with van der Waals surface area (Å²) < 4.78 is 52.1. The molecule has 1 aromatic carbocycles. The first-order valence-electron chi connectivity index (χ1n) is 11.1. The number of carbonyl (C=O) groups excluding carboxylic acids is 1. The summed E-state index contributed by atoms with van der Waals surface area (Å²) in [7, 11) is 2.01. The molecule has 0 saturated carbocycles. The van der Waals surface area contributed by atoms with Crippen LogP contribution in [0.25, 0.3) is 10.9 Å². The molecule has 2 fully saturated rings. The third-order valence-corrected chi connectivity index (χ3v) is 6.17. The minimum atomic E-state index is -4.50. The number of benzene rings is 1. The Kier molecular flexibility index (Phi) is 6.78. The minimum absolute atomic E-state index is 0.102. The molecule has 0 bridgehead atoms. The highest BCUT2D eigenvalue weighted by Gasteiger charge is 2.36. The molecule has 7 nitrogen and oxygen atoms in total. The number of ether oxygens (including phenoxy) is 2. The molecule has 0 spiro atoms. The first-order chi connectivity index (χ1) is 15.6. The van der Waals surface area contributed by atoms with Gasteiger partial charge in [-0.05, 0) is 45.2 Å². The summed E-state index contributed by atoms with van der Waals surface area (Å²) in [4.78, 5) is 21.1. The van der Waals surface area contributed by atoms with Gasteiger partial charge >= 0.3 is 6.18 Å². The van der Waals surface area contributed by atoms with E-state index in [0.29, 0.717) is 24.2 Å². The largest absolute Gasteiger partial charge is 0.418 e. The Morgan fingerprint density at radius 1 is 1.24 bits per heavy atom. The maximum absolute atomic E-state index is 13.5. The Morgan fingerprint density at radius 3 is 2.76 bits per heavy atom. The molecule has 0 aliphatic carbocycles. The van der Waals surface area contributed by atoms with Crippen molar-refractivity contribution in [3.63, 3.8) is 0 Å².